The molecule has 2 heterocycles. The molecule has 2 atom stereocenters. The summed E-state index contributed by atoms with van der Waals surface area (Å²) in [6, 6.07) is 1.84. The molecule has 17 heavy (non-hydrogen) atoms. The highest BCUT2D eigenvalue weighted by molar-refractivity contribution is 5.23. The summed E-state index contributed by atoms with van der Waals surface area (Å²) >= 11 is 0. The summed E-state index contributed by atoms with van der Waals surface area (Å²) in [5.74, 6) is 0.557. The maximum Gasteiger partial charge on any atom is 0.238 e. The number of nitrogens with zero attached hydrogens (tertiary/aromatic N) is 2. The highest BCUT2D eigenvalue weighted by Gasteiger charge is 2.26. The van der Waals surface area contributed by atoms with Gasteiger partial charge in [-0.2, -0.15) is 5.10 Å². The molecule has 0 aromatic carbocycles. The molecule has 1 aliphatic heterocycles. The van der Waals surface area contributed by atoms with E-state index in [1.807, 2.05) is 6.07 Å². The van der Waals surface area contributed by atoms with Crippen LogP contribution in [0.15, 0.2) is 12.3 Å². The smallest absolute Gasteiger partial charge is 0.238 e. The van der Waals surface area contributed by atoms with E-state index in [0.29, 0.717) is 12.4 Å². The monoisotopic (exact) mass is 237 g/mol. The minimum absolute atomic E-state index is 0.135. The number of rotatable bonds is 3. The van der Waals surface area contributed by atoms with Crippen LogP contribution in [-0.2, 0) is 11.3 Å². The number of hydrogen-bond acceptors (Lipinski definition) is 5. The molecule has 5 nitrogen and oxygen atoms in total. The van der Waals surface area contributed by atoms with E-state index >= 15 is 0 Å². The molecule has 1 saturated heterocycles. The van der Waals surface area contributed by atoms with Gasteiger partial charge in [0.05, 0.1) is 18.4 Å². The van der Waals surface area contributed by atoms with Crippen LogP contribution in [0.3, 0.4) is 0 Å². The summed E-state index contributed by atoms with van der Waals surface area (Å²) < 4.78 is 11.6. The number of ether oxygens (including phenoxy) is 2. The van der Waals surface area contributed by atoms with Crippen LogP contribution in [0.5, 0.6) is 5.88 Å². The molecule has 0 amide bonds. The van der Waals surface area contributed by atoms with E-state index < -0.39 is 0 Å². The molecular formula is C12H19N3O2. The summed E-state index contributed by atoms with van der Waals surface area (Å²) in [6.07, 6.45) is 3.97. The number of hydrogen-bond donors (Lipinski definition) is 1. The zero-order valence-corrected chi connectivity index (χ0v) is 10.3. The summed E-state index contributed by atoms with van der Waals surface area (Å²) in [4.78, 5) is 0. The van der Waals surface area contributed by atoms with Gasteiger partial charge in [-0.1, -0.05) is 0 Å². The lowest BCUT2D eigenvalue weighted by Crippen LogP contribution is -2.36. The van der Waals surface area contributed by atoms with Crippen LogP contribution in [0.2, 0.25) is 0 Å². The highest BCUT2D eigenvalue weighted by atomic mass is 16.5. The van der Waals surface area contributed by atoms with Crippen LogP contribution < -0.4 is 10.5 Å². The van der Waals surface area contributed by atoms with Gasteiger partial charge in [-0.15, -0.1) is 5.10 Å². The maximum absolute atomic E-state index is 5.88. The van der Waals surface area contributed by atoms with E-state index in [1.54, 1.807) is 6.20 Å². The van der Waals surface area contributed by atoms with Crippen molar-refractivity contribution in [2.75, 3.05) is 0 Å². The van der Waals surface area contributed by atoms with Gasteiger partial charge < -0.3 is 15.2 Å². The van der Waals surface area contributed by atoms with Gasteiger partial charge in [-0.25, -0.2) is 0 Å². The lowest BCUT2D eigenvalue weighted by molar-refractivity contribution is -0.0733. The quantitative estimate of drug-likeness (QED) is 0.857. The molecule has 0 spiro atoms. The first-order chi connectivity index (χ1) is 8.19. The normalized spacial score (nSPS) is 29.0. The summed E-state index contributed by atoms with van der Waals surface area (Å²) in [6.45, 7) is 4.54. The fourth-order valence-electron chi connectivity index (χ4n) is 2.20. The molecule has 1 aromatic rings. The Hall–Kier alpha value is -1.20. The molecule has 2 N–H and O–H groups in total. The van der Waals surface area contributed by atoms with E-state index in [1.165, 1.54) is 0 Å². The topological polar surface area (TPSA) is 70.3 Å². The predicted octanol–water partition coefficient (Wildman–Crippen LogP) is 1.27. The zero-order valence-electron chi connectivity index (χ0n) is 10.3. The number of nitrogens with two attached hydrogens (primary N) is 1. The second kappa shape index (κ2) is 5.42. The molecule has 0 saturated carbocycles. The molecule has 5 heteroatoms. The fraction of sp³-hybridized carbons (Fsp3) is 0.667. The minimum atomic E-state index is 0.135. The Balaban J connectivity index is 2.04. The second-order valence-electron chi connectivity index (χ2n) is 4.53. The third-order valence-corrected chi connectivity index (χ3v) is 2.92. The maximum atomic E-state index is 5.88. The van der Waals surface area contributed by atoms with Gasteiger partial charge in [0, 0.05) is 24.9 Å². The molecule has 0 bridgehead atoms. The molecule has 1 fully saturated rings. The Labute approximate surface area is 101 Å². The van der Waals surface area contributed by atoms with Crippen molar-refractivity contribution in [3.8, 4) is 5.88 Å². The van der Waals surface area contributed by atoms with Crippen LogP contribution in [0.1, 0.15) is 32.3 Å². The van der Waals surface area contributed by atoms with Crippen molar-refractivity contribution in [1.29, 1.82) is 0 Å². The van der Waals surface area contributed by atoms with Gasteiger partial charge in [0.2, 0.25) is 5.88 Å². The van der Waals surface area contributed by atoms with Gasteiger partial charge in [0.25, 0.3) is 0 Å². The molecule has 0 radical (unpaired) electrons. The highest BCUT2D eigenvalue weighted by Crippen LogP contribution is 2.24. The average Bonchev–Trinajstić information content (AvgIpc) is 2.28. The first-order valence-electron chi connectivity index (χ1n) is 6.01. The van der Waals surface area contributed by atoms with Gasteiger partial charge in [-0.3, -0.25) is 0 Å². The minimum Gasteiger partial charge on any atom is -0.473 e. The third kappa shape index (κ3) is 3.14. The van der Waals surface area contributed by atoms with Crippen LogP contribution >= 0.6 is 0 Å². The molecular weight excluding hydrogens is 218 g/mol. The van der Waals surface area contributed by atoms with Crippen molar-refractivity contribution in [2.45, 2.75) is 51.5 Å². The lowest BCUT2D eigenvalue weighted by Gasteiger charge is -2.32. The van der Waals surface area contributed by atoms with E-state index in [-0.39, 0.29) is 18.3 Å². The van der Waals surface area contributed by atoms with E-state index in [2.05, 4.69) is 24.0 Å². The van der Waals surface area contributed by atoms with E-state index in [9.17, 15) is 0 Å². The Morgan fingerprint density at radius 2 is 2.12 bits per heavy atom. The van der Waals surface area contributed by atoms with Crippen LogP contribution in [-0.4, -0.2) is 28.5 Å². The van der Waals surface area contributed by atoms with Crippen molar-refractivity contribution in [3.05, 3.63) is 17.8 Å². The molecule has 1 aliphatic rings. The van der Waals surface area contributed by atoms with Crippen LogP contribution in [0.25, 0.3) is 0 Å². The van der Waals surface area contributed by atoms with E-state index in [0.717, 1.165) is 18.4 Å². The van der Waals surface area contributed by atoms with Crippen molar-refractivity contribution < 1.29 is 9.47 Å². The first kappa shape index (κ1) is 12.3. The molecule has 94 valence electrons. The lowest BCUT2D eigenvalue weighted by atomic mass is 10.0. The molecule has 0 aliphatic carbocycles. The zero-order chi connectivity index (χ0) is 12.3. The van der Waals surface area contributed by atoms with Crippen molar-refractivity contribution in [1.82, 2.24) is 10.2 Å². The van der Waals surface area contributed by atoms with Crippen molar-refractivity contribution in [3.63, 3.8) is 0 Å². The SMILES string of the molecule is CC1CC(Oc2nnccc2CN)CC(C)O1. The van der Waals surface area contributed by atoms with Crippen LogP contribution in [0, 0.1) is 0 Å². The van der Waals surface area contributed by atoms with Gasteiger partial charge in [0.15, 0.2) is 0 Å². The summed E-state index contributed by atoms with van der Waals surface area (Å²) in [7, 11) is 0. The van der Waals surface area contributed by atoms with Crippen molar-refractivity contribution in [2.24, 2.45) is 5.73 Å². The summed E-state index contributed by atoms with van der Waals surface area (Å²) in [5, 5.41) is 7.84. The van der Waals surface area contributed by atoms with Gasteiger partial charge >= 0.3 is 0 Å². The Morgan fingerprint density at radius 3 is 2.76 bits per heavy atom. The standard InChI is InChI=1S/C12H19N3O2/c1-8-5-11(6-9(2)16-8)17-12-10(7-13)3-4-14-15-12/h3-4,8-9,11H,5-7,13H2,1-2H3. The Kier molecular flexibility index (Phi) is 3.91. The second-order valence-corrected chi connectivity index (χ2v) is 4.53. The van der Waals surface area contributed by atoms with E-state index in [4.69, 9.17) is 15.2 Å². The molecule has 1 aromatic heterocycles. The molecule has 2 unspecified atom stereocenters. The first-order valence-corrected chi connectivity index (χ1v) is 6.01. The number of aromatic nitrogens is 2. The molecule has 2 rings (SSSR count). The largest absolute Gasteiger partial charge is 0.473 e. The Bertz CT molecular complexity index is 363. The Morgan fingerprint density at radius 1 is 1.41 bits per heavy atom. The predicted molar refractivity (Wildman–Crippen MR) is 63.6 cm³/mol. The third-order valence-electron chi connectivity index (χ3n) is 2.92. The average molecular weight is 237 g/mol. The fourth-order valence-corrected chi connectivity index (χ4v) is 2.20. The van der Waals surface area contributed by atoms with Gasteiger partial charge in [-0.05, 0) is 19.9 Å². The summed E-state index contributed by atoms with van der Waals surface area (Å²) in [5.41, 5.74) is 6.53. The van der Waals surface area contributed by atoms with Gasteiger partial charge in [0.1, 0.15) is 6.10 Å². The van der Waals surface area contributed by atoms with Crippen molar-refractivity contribution >= 4 is 0 Å². The van der Waals surface area contributed by atoms with Crippen LogP contribution in [0.4, 0.5) is 0 Å².